The standard InChI is InChI=1S/C10H16N2O/c1-10(5-3-6-11)8-12(2)7-4-9(10)13/h3-5,7-8H2,1-2H3. The van der Waals surface area contributed by atoms with Crippen LogP contribution in [0.2, 0.25) is 0 Å². The van der Waals surface area contributed by atoms with Crippen LogP contribution >= 0.6 is 0 Å². The predicted octanol–water partition coefficient (Wildman–Crippen LogP) is 1.20. The van der Waals surface area contributed by atoms with E-state index in [1.807, 2.05) is 14.0 Å². The fraction of sp³-hybridized carbons (Fsp3) is 0.800. The van der Waals surface area contributed by atoms with Crippen LogP contribution in [0.1, 0.15) is 26.2 Å². The highest BCUT2D eigenvalue weighted by Crippen LogP contribution is 2.30. The molecule has 0 aliphatic carbocycles. The van der Waals surface area contributed by atoms with E-state index in [0.717, 1.165) is 13.1 Å². The third kappa shape index (κ3) is 2.28. The molecule has 1 rings (SSSR count). The second-order valence-corrected chi connectivity index (χ2v) is 4.13. The summed E-state index contributed by atoms with van der Waals surface area (Å²) >= 11 is 0. The molecule has 3 nitrogen and oxygen atoms in total. The second kappa shape index (κ2) is 3.89. The van der Waals surface area contributed by atoms with Crippen LogP contribution < -0.4 is 0 Å². The molecule has 0 saturated carbocycles. The molecule has 1 aliphatic rings. The van der Waals surface area contributed by atoms with Crippen molar-refractivity contribution in [2.75, 3.05) is 20.1 Å². The van der Waals surface area contributed by atoms with Crippen LogP contribution in [0, 0.1) is 16.7 Å². The monoisotopic (exact) mass is 180 g/mol. The Morgan fingerprint density at radius 1 is 1.69 bits per heavy atom. The van der Waals surface area contributed by atoms with E-state index in [4.69, 9.17) is 5.26 Å². The Bertz CT molecular complexity index is 244. The van der Waals surface area contributed by atoms with Gasteiger partial charge in [0, 0.05) is 31.3 Å². The molecule has 0 bridgehead atoms. The molecule has 1 saturated heterocycles. The predicted molar refractivity (Wildman–Crippen MR) is 50.1 cm³/mol. The number of likely N-dealkylation sites (tertiary alicyclic amines) is 1. The van der Waals surface area contributed by atoms with E-state index < -0.39 is 0 Å². The number of nitriles is 1. The van der Waals surface area contributed by atoms with Crippen molar-refractivity contribution in [2.45, 2.75) is 26.2 Å². The third-order valence-electron chi connectivity index (χ3n) is 2.80. The average Bonchev–Trinajstić information content (AvgIpc) is 2.09. The minimum absolute atomic E-state index is 0.275. The van der Waals surface area contributed by atoms with Gasteiger partial charge in [-0.1, -0.05) is 6.92 Å². The van der Waals surface area contributed by atoms with Crippen LogP contribution in [-0.2, 0) is 4.79 Å². The molecule has 0 amide bonds. The van der Waals surface area contributed by atoms with Crippen molar-refractivity contribution in [1.29, 1.82) is 5.26 Å². The highest BCUT2D eigenvalue weighted by atomic mass is 16.1. The summed E-state index contributed by atoms with van der Waals surface area (Å²) < 4.78 is 0. The van der Waals surface area contributed by atoms with Gasteiger partial charge in [0.05, 0.1) is 6.07 Å². The van der Waals surface area contributed by atoms with Gasteiger partial charge in [-0.2, -0.15) is 5.26 Å². The Labute approximate surface area is 79.3 Å². The fourth-order valence-electron chi connectivity index (χ4n) is 1.91. The first-order valence-electron chi connectivity index (χ1n) is 4.67. The summed E-state index contributed by atoms with van der Waals surface area (Å²) in [6.45, 7) is 3.64. The van der Waals surface area contributed by atoms with Gasteiger partial charge < -0.3 is 4.90 Å². The molecule has 13 heavy (non-hydrogen) atoms. The normalized spacial score (nSPS) is 30.1. The molecule has 0 radical (unpaired) electrons. The zero-order chi connectivity index (χ0) is 9.90. The molecule has 0 spiro atoms. The lowest BCUT2D eigenvalue weighted by Gasteiger charge is -2.36. The Morgan fingerprint density at radius 3 is 3.00 bits per heavy atom. The van der Waals surface area contributed by atoms with Gasteiger partial charge in [-0.15, -0.1) is 0 Å². The summed E-state index contributed by atoms with van der Waals surface area (Å²) in [4.78, 5) is 13.8. The molecule has 1 heterocycles. The molecular formula is C10H16N2O. The summed E-state index contributed by atoms with van der Waals surface area (Å²) in [7, 11) is 2.02. The average molecular weight is 180 g/mol. The van der Waals surface area contributed by atoms with Gasteiger partial charge in [-0.05, 0) is 13.5 Å². The Morgan fingerprint density at radius 2 is 2.38 bits per heavy atom. The van der Waals surface area contributed by atoms with Crippen molar-refractivity contribution >= 4 is 5.78 Å². The van der Waals surface area contributed by atoms with Gasteiger partial charge in [-0.25, -0.2) is 0 Å². The third-order valence-corrected chi connectivity index (χ3v) is 2.80. The van der Waals surface area contributed by atoms with Crippen LogP contribution in [0.4, 0.5) is 0 Å². The number of rotatable bonds is 2. The zero-order valence-corrected chi connectivity index (χ0v) is 8.34. The van der Waals surface area contributed by atoms with Gasteiger partial charge >= 0.3 is 0 Å². The Hall–Kier alpha value is -0.880. The van der Waals surface area contributed by atoms with E-state index in [-0.39, 0.29) is 5.41 Å². The summed E-state index contributed by atoms with van der Waals surface area (Å²) in [5, 5.41) is 8.49. The van der Waals surface area contributed by atoms with Gasteiger partial charge in [0.25, 0.3) is 0 Å². The molecule has 0 aromatic rings. The van der Waals surface area contributed by atoms with Gasteiger partial charge in [-0.3, -0.25) is 4.79 Å². The van der Waals surface area contributed by atoms with Gasteiger partial charge in [0.15, 0.2) is 0 Å². The van der Waals surface area contributed by atoms with E-state index >= 15 is 0 Å². The first-order valence-corrected chi connectivity index (χ1v) is 4.67. The van der Waals surface area contributed by atoms with Crippen molar-refractivity contribution in [3.8, 4) is 6.07 Å². The van der Waals surface area contributed by atoms with Crippen molar-refractivity contribution in [3.05, 3.63) is 0 Å². The molecule has 0 aromatic carbocycles. The van der Waals surface area contributed by atoms with E-state index in [2.05, 4.69) is 11.0 Å². The quantitative estimate of drug-likeness (QED) is 0.641. The van der Waals surface area contributed by atoms with E-state index in [1.54, 1.807) is 0 Å². The zero-order valence-electron chi connectivity index (χ0n) is 8.34. The number of piperidine rings is 1. The van der Waals surface area contributed by atoms with Crippen molar-refractivity contribution in [1.82, 2.24) is 4.90 Å². The van der Waals surface area contributed by atoms with Crippen LogP contribution in [-0.4, -0.2) is 30.8 Å². The molecule has 1 fully saturated rings. The van der Waals surface area contributed by atoms with E-state index in [1.165, 1.54) is 0 Å². The SMILES string of the molecule is CN1CCC(=O)C(C)(CCC#N)C1. The van der Waals surface area contributed by atoms with Crippen molar-refractivity contribution < 1.29 is 4.79 Å². The Balaban J connectivity index is 2.62. The second-order valence-electron chi connectivity index (χ2n) is 4.13. The maximum absolute atomic E-state index is 11.6. The number of carbonyl (C=O) groups excluding carboxylic acids is 1. The van der Waals surface area contributed by atoms with Crippen molar-refractivity contribution in [3.63, 3.8) is 0 Å². The summed E-state index contributed by atoms with van der Waals surface area (Å²) in [6, 6.07) is 2.10. The number of carbonyl (C=O) groups is 1. The van der Waals surface area contributed by atoms with Gasteiger partial charge in [0.1, 0.15) is 5.78 Å². The lowest BCUT2D eigenvalue weighted by Crippen LogP contribution is -2.45. The molecule has 0 N–H and O–H groups in total. The number of hydrogen-bond donors (Lipinski definition) is 0. The van der Waals surface area contributed by atoms with Gasteiger partial charge in [0.2, 0.25) is 0 Å². The maximum atomic E-state index is 11.6. The summed E-state index contributed by atoms with van der Waals surface area (Å²) in [5.41, 5.74) is -0.275. The highest BCUT2D eigenvalue weighted by molar-refractivity contribution is 5.85. The maximum Gasteiger partial charge on any atom is 0.141 e. The molecule has 1 unspecified atom stereocenters. The molecule has 3 heteroatoms. The molecule has 1 atom stereocenters. The van der Waals surface area contributed by atoms with Crippen LogP contribution in [0.5, 0.6) is 0 Å². The number of nitrogens with zero attached hydrogens (tertiary/aromatic N) is 2. The molecule has 0 aromatic heterocycles. The molecular weight excluding hydrogens is 164 g/mol. The molecule has 1 aliphatic heterocycles. The first-order chi connectivity index (χ1) is 6.08. The lowest BCUT2D eigenvalue weighted by atomic mass is 9.77. The number of Topliss-reactive ketones (excluding diaryl/α,β-unsaturated/α-hetero) is 1. The number of ketones is 1. The van der Waals surface area contributed by atoms with Crippen LogP contribution in [0.3, 0.4) is 0 Å². The van der Waals surface area contributed by atoms with E-state index in [0.29, 0.717) is 25.0 Å². The Kier molecular flexibility index (Phi) is 3.05. The van der Waals surface area contributed by atoms with Crippen LogP contribution in [0.25, 0.3) is 0 Å². The van der Waals surface area contributed by atoms with Crippen LogP contribution in [0.15, 0.2) is 0 Å². The summed E-state index contributed by atoms with van der Waals surface area (Å²) in [5.74, 6) is 0.320. The first kappa shape index (κ1) is 10.2. The number of hydrogen-bond acceptors (Lipinski definition) is 3. The minimum Gasteiger partial charge on any atom is -0.305 e. The smallest absolute Gasteiger partial charge is 0.141 e. The fourth-order valence-corrected chi connectivity index (χ4v) is 1.91. The lowest BCUT2D eigenvalue weighted by molar-refractivity contribution is -0.132. The molecule has 72 valence electrons. The van der Waals surface area contributed by atoms with E-state index in [9.17, 15) is 4.79 Å². The highest BCUT2D eigenvalue weighted by Gasteiger charge is 2.36. The van der Waals surface area contributed by atoms with Crippen molar-refractivity contribution in [2.24, 2.45) is 5.41 Å². The largest absolute Gasteiger partial charge is 0.305 e. The summed E-state index contributed by atoms with van der Waals surface area (Å²) in [6.07, 6.45) is 1.82. The topological polar surface area (TPSA) is 44.1 Å². The minimum atomic E-state index is -0.275.